The molecular formula is C11H12O3. The fourth-order valence-corrected chi connectivity index (χ4v) is 2.81. The first-order valence-electron chi connectivity index (χ1n) is 5.07. The van der Waals surface area contributed by atoms with Crippen molar-refractivity contribution in [2.45, 2.75) is 32.6 Å². The minimum atomic E-state index is -0.545. The lowest BCUT2D eigenvalue weighted by molar-refractivity contribution is -0.155. The van der Waals surface area contributed by atoms with Crippen LogP contribution in [0.2, 0.25) is 0 Å². The van der Waals surface area contributed by atoms with Crippen LogP contribution in [0.1, 0.15) is 32.6 Å². The van der Waals surface area contributed by atoms with Gasteiger partial charge in [0.25, 0.3) is 0 Å². The molecule has 1 aliphatic heterocycles. The second-order valence-corrected chi connectivity index (χ2v) is 4.77. The molecule has 74 valence electrons. The number of fused-ring (bicyclic) bond motifs is 1. The summed E-state index contributed by atoms with van der Waals surface area (Å²) in [6.07, 6.45) is 3.73. The maximum absolute atomic E-state index is 11.6. The van der Waals surface area contributed by atoms with Crippen LogP contribution in [0, 0.1) is 11.3 Å². The van der Waals surface area contributed by atoms with Gasteiger partial charge in [-0.25, -0.2) is 0 Å². The predicted molar refractivity (Wildman–Crippen MR) is 48.2 cm³/mol. The van der Waals surface area contributed by atoms with Crippen molar-refractivity contribution in [1.29, 1.82) is 0 Å². The van der Waals surface area contributed by atoms with Gasteiger partial charge < -0.3 is 4.74 Å². The molecule has 0 radical (unpaired) electrons. The van der Waals surface area contributed by atoms with E-state index in [1.165, 1.54) is 11.1 Å². The summed E-state index contributed by atoms with van der Waals surface area (Å²) in [5.74, 6) is -0.823. The first-order valence-corrected chi connectivity index (χ1v) is 5.07. The number of hydrogen-bond acceptors (Lipinski definition) is 3. The highest BCUT2D eigenvalue weighted by atomic mass is 16.6. The van der Waals surface area contributed by atoms with Crippen LogP contribution in [0.25, 0.3) is 0 Å². The molecule has 0 aromatic rings. The fraction of sp³-hybridized carbons (Fsp3) is 0.636. The van der Waals surface area contributed by atoms with Crippen LogP contribution in [0.3, 0.4) is 0 Å². The van der Waals surface area contributed by atoms with Gasteiger partial charge in [0.2, 0.25) is 0 Å². The van der Waals surface area contributed by atoms with Gasteiger partial charge in [0.1, 0.15) is 0 Å². The summed E-state index contributed by atoms with van der Waals surface area (Å²) >= 11 is 0. The molecule has 0 aromatic carbocycles. The maximum Gasteiger partial charge on any atom is 0.320 e. The van der Waals surface area contributed by atoms with Gasteiger partial charge in [0, 0.05) is 0 Å². The largest absolute Gasteiger partial charge is 0.392 e. The first kappa shape index (κ1) is 8.21. The minimum absolute atomic E-state index is 0.200. The van der Waals surface area contributed by atoms with E-state index >= 15 is 0 Å². The molecule has 1 fully saturated rings. The molecule has 1 saturated heterocycles. The molecule has 0 bridgehead atoms. The number of hydrogen-bond donors (Lipinski definition) is 0. The Morgan fingerprint density at radius 2 is 2.00 bits per heavy atom. The van der Waals surface area contributed by atoms with Crippen molar-refractivity contribution in [3.8, 4) is 0 Å². The highest BCUT2D eigenvalue weighted by Crippen LogP contribution is 2.53. The standard InChI is InChI=1S/C11H12O3/c1-11-5-7-3-2-6(7)4-8(11)9(12)14-10(11)13/h8H,2-5H2,1H3. The molecular weight excluding hydrogens is 180 g/mol. The van der Waals surface area contributed by atoms with Crippen LogP contribution in [0.4, 0.5) is 0 Å². The van der Waals surface area contributed by atoms with Gasteiger partial charge in [-0.05, 0) is 32.6 Å². The third kappa shape index (κ3) is 0.781. The monoisotopic (exact) mass is 192 g/mol. The molecule has 0 amide bonds. The smallest absolute Gasteiger partial charge is 0.320 e. The molecule has 2 aliphatic carbocycles. The Morgan fingerprint density at radius 3 is 2.64 bits per heavy atom. The van der Waals surface area contributed by atoms with Gasteiger partial charge in [-0.2, -0.15) is 0 Å². The Balaban J connectivity index is 2.05. The van der Waals surface area contributed by atoms with Gasteiger partial charge in [0.05, 0.1) is 11.3 Å². The molecule has 0 saturated carbocycles. The minimum Gasteiger partial charge on any atom is -0.392 e. The SMILES string of the molecule is CC12CC3=C(CC3)CC1C(=O)OC2=O. The fourth-order valence-electron chi connectivity index (χ4n) is 2.81. The lowest BCUT2D eigenvalue weighted by atomic mass is 9.62. The van der Waals surface area contributed by atoms with Gasteiger partial charge in [-0.3, -0.25) is 9.59 Å². The lowest BCUT2D eigenvalue weighted by Gasteiger charge is -2.38. The van der Waals surface area contributed by atoms with Crippen molar-refractivity contribution >= 4 is 11.9 Å². The topological polar surface area (TPSA) is 43.4 Å². The molecule has 3 rings (SSSR count). The van der Waals surface area contributed by atoms with Gasteiger partial charge in [-0.15, -0.1) is 0 Å². The van der Waals surface area contributed by atoms with Gasteiger partial charge in [-0.1, -0.05) is 11.1 Å². The normalized spacial score (nSPS) is 40.2. The summed E-state index contributed by atoms with van der Waals surface area (Å²) in [6.45, 7) is 1.87. The number of carbonyl (C=O) groups excluding carboxylic acids is 2. The second-order valence-electron chi connectivity index (χ2n) is 4.77. The van der Waals surface area contributed by atoms with Crippen LogP contribution in [0.15, 0.2) is 11.1 Å². The Morgan fingerprint density at radius 1 is 1.29 bits per heavy atom. The van der Waals surface area contributed by atoms with E-state index in [0.717, 1.165) is 25.7 Å². The summed E-state index contributed by atoms with van der Waals surface area (Å²) in [7, 11) is 0. The number of allylic oxidation sites excluding steroid dienone is 2. The summed E-state index contributed by atoms with van der Waals surface area (Å²) in [4.78, 5) is 23.0. The van der Waals surface area contributed by atoms with Crippen molar-refractivity contribution in [2.75, 3.05) is 0 Å². The maximum atomic E-state index is 11.6. The van der Waals surface area contributed by atoms with E-state index in [1.54, 1.807) is 0 Å². The summed E-state index contributed by atoms with van der Waals surface area (Å²) in [6, 6.07) is 0. The van der Waals surface area contributed by atoms with E-state index in [4.69, 9.17) is 4.74 Å². The van der Waals surface area contributed by atoms with Crippen LogP contribution in [-0.2, 0) is 14.3 Å². The zero-order valence-electron chi connectivity index (χ0n) is 8.13. The number of carbonyl (C=O) groups is 2. The van der Waals surface area contributed by atoms with Crippen molar-refractivity contribution in [3.05, 3.63) is 11.1 Å². The molecule has 3 heteroatoms. The number of cyclic esters (lactones) is 2. The second kappa shape index (κ2) is 2.27. The average Bonchev–Trinajstić information content (AvgIpc) is 2.30. The lowest BCUT2D eigenvalue weighted by Crippen LogP contribution is -2.37. The summed E-state index contributed by atoms with van der Waals surface area (Å²) in [5, 5.41) is 0. The molecule has 1 heterocycles. The molecule has 0 N–H and O–H groups in total. The Bertz CT molecular complexity index is 380. The molecule has 3 aliphatic rings. The molecule has 2 atom stereocenters. The number of esters is 2. The van der Waals surface area contributed by atoms with Crippen LogP contribution >= 0.6 is 0 Å². The molecule has 3 nitrogen and oxygen atoms in total. The van der Waals surface area contributed by atoms with E-state index in [9.17, 15) is 9.59 Å². The van der Waals surface area contributed by atoms with E-state index in [2.05, 4.69) is 0 Å². The molecule has 2 unspecified atom stereocenters. The van der Waals surface area contributed by atoms with E-state index in [-0.39, 0.29) is 17.9 Å². The molecule has 0 spiro atoms. The van der Waals surface area contributed by atoms with Crippen molar-refractivity contribution in [3.63, 3.8) is 0 Å². The third-order valence-corrected chi connectivity index (χ3v) is 3.97. The zero-order valence-corrected chi connectivity index (χ0v) is 8.13. The third-order valence-electron chi connectivity index (χ3n) is 3.97. The predicted octanol–water partition coefficient (Wildman–Crippen LogP) is 1.58. The van der Waals surface area contributed by atoms with E-state index in [1.807, 2.05) is 6.92 Å². The van der Waals surface area contributed by atoms with Crippen molar-refractivity contribution in [2.24, 2.45) is 11.3 Å². The zero-order chi connectivity index (χ0) is 9.92. The Hall–Kier alpha value is -1.12. The van der Waals surface area contributed by atoms with E-state index in [0.29, 0.717) is 0 Å². The van der Waals surface area contributed by atoms with Gasteiger partial charge >= 0.3 is 11.9 Å². The van der Waals surface area contributed by atoms with Crippen molar-refractivity contribution in [1.82, 2.24) is 0 Å². The molecule has 14 heavy (non-hydrogen) atoms. The Kier molecular flexibility index (Phi) is 1.33. The highest BCUT2D eigenvalue weighted by molar-refractivity contribution is 5.99. The molecule has 0 aromatic heterocycles. The van der Waals surface area contributed by atoms with Crippen molar-refractivity contribution < 1.29 is 14.3 Å². The van der Waals surface area contributed by atoms with E-state index < -0.39 is 5.41 Å². The van der Waals surface area contributed by atoms with Crippen LogP contribution in [-0.4, -0.2) is 11.9 Å². The quantitative estimate of drug-likeness (QED) is 0.332. The number of ether oxygens (including phenoxy) is 1. The first-order chi connectivity index (χ1) is 6.61. The summed E-state index contributed by atoms with van der Waals surface area (Å²) < 4.78 is 4.73. The van der Waals surface area contributed by atoms with Crippen LogP contribution < -0.4 is 0 Å². The average molecular weight is 192 g/mol. The highest BCUT2D eigenvalue weighted by Gasteiger charge is 2.57. The summed E-state index contributed by atoms with van der Waals surface area (Å²) in [5.41, 5.74) is 2.26. The van der Waals surface area contributed by atoms with Gasteiger partial charge in [0.15, 0.2) is 0 Å². The number of rotatable bonds is 0. The van der Waals surface area contributed by atoms with Crippen LogP contribution in [0.5, 0.6) is 0 Å². The Labute approximate surface area is 82.1 Å².